The van der Waals surface area contributed by atoms with Gasteiger partial charge in [-0.05, 0) is 75.2 Å². The van der Waals surface area contributed by atoms with Gasteiger partial charge in [-0.3, -0.25) is 9.59 Å². The minimum Gasteiger partial charge on any atom is -0.339 e. The molecule has 1 aliphatic rings. The molecule has 7 heteroatoms. The Bertz CT molecular complexity index is 1160. The van der Waals surface area contributed by atoms with E-state index in [4.69, 9.17) is 0 Å². The molecular formula is C27H31FN4O2. The first-order chi connectivity index (χ1) is 16.3. The Morgan fingerprint density at radius 3 is 2.32 bits per heavy atom. The number of carbonyl (C=O) groups is 2. The van der Waals surface area contributed by atoms with Crippen LogP contribution in [-0.4, -0.2) is 39.6 Å². The first-order valence-electron chi connectivity index (χ1n) is 11.8. The lowest BCUT2D eigenvalue weighted by atomic mass is 9.94. The molecule has 0 atom stereocenters. The summed E-state index contributed by atoms with van der Waals surface area (Å²) in [6.07, 6.45) is 5.90. The van der Waals surface area contributed by atoms with Gasteiger partial charge in [-0.15, -0.1) is 0 Å². The van der Waals surface area contributed by atoms with E-state index in [1.807, 2.05) is 25.8 Å². The van der Waals surface area contributed by atoms with E-state index in [9.17, 15) is 14.0 Å². The number of aromatic nitrogens is 2. The molecule has 1 fully saturated rings. The smallest absolute Gasteiger partial charge is 0.253 e. The second-order valence-corrected chi connectivity index (χ2v) is 9.05. The standard InChI is InChI=1S/C27H31FN4O2/c1-18-25(19(2)32(30-18)24-15-11-21(28)12-16-24)17-26(33)29-22-13-9-20(10-14-22)27(34)31(3)23-7-5-4-6-8-23/h9-16,23H,4-8,17H2,1-3H3,(H,29,33). The Labute approximate surface area is 199 Å². The first kappa shape index (κ1) is 23.7. The van der Waals surface area contributed by atoms with Crippen LogP contribution in [0.25, 0.3) is 5.69 Å². The lowest BCUT2D eigenvalue weighted by molar-refractivity contribution is -0.115. The van der Waals surface area contributed by atoms with Gasteiger partial charge in [0.1, 0.15) is 5.82 Å². The summed E-state index contributed by atoms with van der Waals surface area (Å²) < 4.78 is 15.0. The number of hydrogen-bond donors (Lipinski definition) is 1. The van der Waals surface area contributed by atoms with Gasteiger partial charge in [-0.25, -0.2) is 9.07 Å². The van der Waals surface area contributed by atoms with Crippen molar-refractivity contribution in [3.05, 3.63) is 76.9 Å². The summed E-state index contributed by atoms with van der Waals surface area (Å²) in [5.74, 6) is -0.453. The minimum atomic E-state index is -0.307. The Balaban J connectivity index is 1.40. The second kappa shape index (κ2) is 10.2. The average Bonchev–Trinajstić information content (AvgIpc) is 3.13. The molecule has 1 aliphatic carbocycles. The highest BCUT2D eigenvalue weighted by Gasteiger charge is 2.23. The highest BCUT2D eigenvalue weighted by atomic mass is 19.1. The molecule has 34 heavy (non-hydrogen) atoms. The highest BCUT2D eigenvalue weighted by Crippen LogP contribution is 2.24. The molecule has 0 unspecified atom stereocenters. The summed E-state index contributed by atoms with van der Waals surface area (Å²) in [7, 11) is 1.88. The van der Waals surface area contributed by atoms with E-state index in [0.29, 0.717) is 17.3 Å². The monoisotopic (exact) mass is 462 g/mol. The lowest BCUT2D eigenvalue weighted by Gasteiger charge is -2.31. The SMILES string of the molecule is Cc1nn(-c2ccc(F)cc2)c(C)c1CC(=O)Nc1ccc(C(=O)N(C)C2CCCCC2)cc1. The molecule has 2 amide bonds. The molecule has 0 saturated heterocycles. The summed E-state index contributed by atoms with van der Waals surface area (Å²) in [6, 6.07) is 13.5. The number of carbonyl (C=O) groups excluding carboxylic acids is 2. The van der Waals surface area contributed by atoms with Crippen LogP contribution < -0.4 is 5.32 Å². The van der Waals surface area contributed by atoms with Crippen LogP contribution >= 0.6 is 0 Å². The van der Waals surface area contributed by atoms with Crippen LogP contribution in [0, 0.1) is 19.7 Å². The number of amides is 2. The Morgan fingerprint density at radius 1 is 1.03 bits per heavy atom. The van der Waals surface area contributed by atoms with E-state index in [1.54, 1.807) is 41.1 Å². The maximum Gasteiger partial charge on any atom is 0.253 e. The fourth-order valence-corrected chi connectivity index (χ4v) is 4.66. The number of benzene rings is 2. The van der Waals surface area contributed by atoms with E-state index in [2.05, 4.69) is 10.4 Å². The maximum atomic E-state index is 13.3. The van der Waals surface area contributed by atoms with Crippen molar-refractivity contribution < 1.29 is 14.0 Å². The van der Waals surface area contributed by atoms with Gasteiger partial charge < -0.3 is 10.2 Å². The van der Waals surface area contributed by atoms with Crippen LogP contribution in [0.4, 0.5) is 10.1 Å². The van der Waals surface area contributed by atoms with E-state index in [1.165, 1.54) is 31.4 Å². The number of nitrogens with zero attached hydrogens (tertiary/aromatic N) is 3. The van der Waals surface area contributed by atoms with Gasteiger partial charge in [0.25, 0.3) is 5.91 Å². The van der Waals surface area contributed by atoms with Crippen LogP contribution in [0.5, 0.6) is 0 Å². The van der Waals surface area contributed by atoms with E-state index >= 15 is 0 Å². The average molecular weight is 463 g/mol. The molecule has 1 aromatic heterocycles. The zero-order valence-corrected chi connectivity index (χ0v) is 20.0. The van der Waals surface area contributed by atoms with Crippen LogP contribution in [0.2, 0.25) is 0 Å². The van der Waals surface area contributed by atoms with E-state index in [-0.39, 0.29) is 24.1 Å². The molecule has 1 heterocycles. The Kier molecular flexibility index (Phi) is 7.10. The number of rotatable bonds is 6. The van der Waals surface area contributed by atoms with Crippen LogP contribution in [0.3, 0.4) is 0 Å². The predicted molar refractivity (Wildman–Crippen MR) is 131 cm³/mol. The maximum absolute atomic E-state index is 13.3. The van der Waals surface area contributed by atoms with E-state index < -0.39 is 0 Å². The zero-order valence-electron chi connectivity index (χ0n) is 20.0. The fourth-order valence-electron chi connectivity index (χ4n) is 4.66. The van der Waals surface area contributed by atoms with Crippen molar-refractivity contribution in [1.29, 1.82) is 0 Å². The Morgan fingerprint density at radius 2 is 1.68 bits per heavy atom. The lowest BCUT2D eigenvalue weighted by Crippen LogP contribution is -2.38. The van der Waals surface area contributed by atoms with Crippen molar-refractivity contribution in [2.45, 2.75) is 58.4 Å². The van der Waals surface area contributed by atoms with Gasteiger partial charge >= 0.3 is 0 Å². The highest BCUT2D eigenvalue weighted by molar-refractivity contribution is 5.96. The van der Waals surface area contributed by atoms with Crippen molar-refractivity contribution in [2.24, 2.45) is 0 Å². The molecule has 4 rings (SSSR count). The summed E-state index contributed by atoms with van der Waals surface area (Å²) in [5.41, 5.74) is 4.44. The first-order valence-corrected chi connectivity index (χ1v) is 11.8. The third kappa shape index (κ3) is 5.19. The van der Waals surface area contributed by atoms with Gasteiger partial charge in [0.15, 0.2) is 0 Å². The molecule has 3 aromatic rings. The molecule has 6 nitrogen and oxygen atoms in total. The predicted octanol–water partition coefficient (Wildman–Crippen LogP) is 5.21. The van der Waals surface area contributed by atoms with Crippen LogP contribution in [0.1, 0.15) is 59.4 Å². The molecule has 1 saturated carbocycles. The van der Waals surface area contributed by atoms with Gasteiger partial charge in [0.05, 0.1) is 17.8 Å². The van der Waals surface area contributed by atoms with Gasteiger partial charge in [-0.1, -0.05) is 19.3 Å². The van der Waals surface area contributed by atoms with Crippen LogP contribution in [-0.2, 0) is 11.2 Å². The number of halogens is 1. The van der Waals surface area contributed by atoms with E-state index in [0.717, 1.165) is 35.5 Å². The second-order valence-electron chi connectivity index (χ2n) is 9.05. The molecule has 2 aromatic carbocycles. The number of aryl methyl sites for hydroxylation is 1. The number of nitrogens with one attached hydrogen (secondary N) is 1. The largest absolute Gasteiger partial charge is 0.339 e. The third-order valence-corrected chi connectivity index (χ3v) is 6.71. The van der Waals surface area contributed by atoms with Crippen molar-refractivity contribution >= 4 is 17.5 Å². The van der Waals surface area contributed by atoms with Crippen molar-refractivity contribution in [2.75, 3.05) is 12.4 Å². The molecule has 1 N–H and O–H groups in total. The summed E-state index contributed by atoms with van der Waals surface area (Å²) >= 11 is 0. The van der Waals surface area contributed by atoms with Crippen molar-refractivity contribution in [1.82, 2.24) is 14.7 Å². The topological polar surface area (TPSA) is 67.2 Å². The number of anilines is 1. The minimum absolute atomic E-state index is 0.0178. The summed E-state index contributed by atoms with van der Waals surface area (Å²) in [4.78, 5) is 27.4. The summed E-state index contributed by atoms with van der Waals surface area (Å²) in [5, 5.41) is 7.44. The van der Waals surface area contributed by atoms with Crippen molar-refractivity contribution in [3.8, 4) is 5.69 Å². The molecule has 0 bridgehead atoms. The molecule has 0 aliphatic heterocycles. The normalized spacial score (nSPS) is 14.1. The Hall–Kier alpha value is -3.48. The zero-order chi connectivity index (χ0) is 24.2. The van der Waals surface area contributed by atoms with Crippen LogP contribution in [0.15, 0.2) is 48.5 Å². The molecule has 178 valence electrons. The molecular weight excluding hydrogens is 431 g/mol. The molecule has 0 spiro atoms. The fraction of sp³-hybridized carbons (Fsp3) is 0.370. The van der Waals surface area contributed by atoms with Crippen molar-refractivity contribution in [3.63, 3.8) is 0 Å². The summed E-state index contributed by atoms with van der Waals surface area (Å²) in [6.45, 7) is 3.76. The third-order valence-electron chi connectivity index (χ3n) is 6.71. The van der Waals surface area contributed by atoms with Gasteiger partial charge in [-0.2, -0.15) is 5.10 Å². The molecule has 0 radical (unpaired) electrons. The van der Waals surface area contributed by atoms with Gasteiger partial charge in [0.2, 0.25) is 5.91 Å². The number of hydrogen-bond acceptors (Lipinski definition) is 3. The quantitative estimate of drug-likeness (QED) is 0.547. The van der Waals surface area contributed by atoms with Gasteiger partial charge in [0, 0.05) is 35.6 Å².